The summed E-state index contributed by atoms with van der Waals surface area (Å²) in [7, 11) is 0. The van der Waals surface area contributed by atoms with Gasteiger partial charge in [-0.2, -0.15) is 0 Å². The molecule has 0 spiro atoms. The molecule has 0 saturated carbocycles. The van der Waals surface area contributed by atoms with Crippen LogP contribution in [0.15, 0.2) is 83.5 Å². The SMILES string of the molecule is CCOC(=O)c1c(-c2ccccc2)csc1NC(=O)CSc1ncnc2sc(-c3ccccc3)cc12. The van der Waals surface area contributed by atoms with E-state index in [-0.39, 0.29) is 18.3 Å². The Morgan fingerprint density at radius 1 is 1.00 bits per heavy atom. The fourth-order valence-corrected chi connectivity index (χ4v) is 6.49. The number of rotatable bonds is 8. The summed E-state index contributed by atoms with van der Waals surface area (Å²) in [6.07, 6.45) is 1.53. The molecule has 5 rings (SSSR count). The van der Waals surface area contributed by atoms with Crippen molar-refractivity contribution in [3.05, 3.63) is 84.0 Å². The Hall–Kier alpha value is -3.53. The number of benzene rings is 2. The van der Waals surface area contributed by atoms with Crippen LogP contribution in [-0.2, 0) is 9.53 Å². The largest absolute Gasteiger partial charge is 0.462 e. The molecule has 3 aromatic heterocycles. The number of aromatic nitrogens is 2. The number of ether oxygens (including phenoxy) is 1. The molecule has 0 bridgehead atoms. The number of nitrogens with zero attached hydrogens (tertiary/aromatic N) is 2. The maximum absolute atomic E-state index is 12.9. The Kier molecular flexibility index (Phi) is 7.41. The zero-order valence-electron chi connectivity index (χ0n) is 19.3. The minimum Gasteiger partial charge on any atom is -0.462 e. The van der Waals surface area contributed by atoms with Gasteiger partial charge in [-0.15, -0.1) is 22.7 Å². The van der Waals surface area contributed by atoms with E-state index in [4.69, 9.17) is 4.74 Å². The molecule has 6 nitrogen and oxygen atoms in total. The lowest BCUT2D eigenvalue weighted by molar-refractivity contribution is -0.113. The third kappa shape index (κ3) is 5.18. The summed E-state index contributed by atoms with van der Waals surface area (Å²) in [5.74, 6) is -0.536. The first-order valence-electron chi connectivity index (χ1n) is 11.2. The lowest BCUT2D eigenvalue weighted by atomic mass is 10.0. The van der Waals surface area contributed by atoms with Crippen molar-refractivity contribution in [2.45, 2.75) is 11.9 Å². The van der Waals surface area contributed by atoms with Gasteiger partial charge in [0.05, 0.1) is 12.4 Å². The van der Waals surface area contributed by atoms with Crippen LogP contribution >= 0.6 is 34.4 Å². The Morgan fingerprint density at radius 3 is 2.44 bits per heavy atom. The fourth-order valence-electron chi connectivity index (χ4n) is 3.68. The van der Waals surface area contributed by atoms with E-state index in [1.807, 2.05) is 53.9 Å². The average Bonchev–Trinajstić information content (AvgIpc) is 3.53. The van der Waals surface area contributed by atoms with Crippen LogP contribution < -0.4 is 5.32 Å². The number of amides is 1. The number of carbonyl (C=O) groups is 2. The Labute approximate surface area is 220 Å². The van der Waals surface area contributed by atoms with Gasteiger partial charge in [0.2, 0.25) is 5.91 Å². The second-order valence-corrected chi connectivity index (χ2v) is 10.5. The quantitative estimate of drug-likeness (QED) is 0.132. The highest BCUT2D eigenvalue weighted by molar-refractivity contribution is 8.00. The van der Waals surface area contributed by atoms with Gasteiger partial charge in [0.15, 0.2) is 0 Å². The minimum absolute atomic E-state index is 0.142. The Bertz CT molecular complexity index is 1510. The molecule has 0 aliphatic carbocycles. The molecule has 180 valence electrons. The molecule has 9 heteroatoms. The number of anilines is 1. The van der Waals surface area contributed by atoms with Gasteiger partial charge in [0, 0.05) is 21.2 Å². The second-order valence-electron chi connectivity index (χ2n) is 7.65. The Morgan fingerprint density at radius 2 is 1.72 bits per heavy atom. The first-order valence-corrected chi connectivity index (χ1v) is 13.9. The van der Waals surface area contributed by atoms with Crippen LogP contribution in [0.1, 0.15) is 17.3 Å². The van der Waals surface area contributed by atoms with Gasteiger partial charge in [-0.25, -0.2) is 14.8 Å². The van der Waals surface area contributed by atoms with Crippen LogP contribution in [-0.4, -0.2) is 34.2 Å². The van der Waals surface area contributed by atoms with Gasteiger partial charge >= 0.3 is 5.97 Å². The lowest BCUT2D eigenvalue weighted by Crippen LogP contribution is -2.16. The number of thioether (sulfide) groups is 1. The molecule has 5 aromatic rings. The average molecular weight is 532 g/mol. The van der Waals surface area contributed by atoms with E-state index < -0.39 is 5.97 Å². The van der Waals surface area contributed by atoms with Crippen LogP contribution in [0.3, 0.4) is 0 Å². The summed E-state index contributed by atoms with van der Waals surface area (Å²) in [6.45, 7) is 2.01. The van der Waals surface area contributed by atoms with E-state index in [1.54, 1.807) is 18.3 Å². The molecule has 0 unspecified atom stereocenters. The Balaban J connectivity index is 1.34. The van der Waals surface area contributed by atoms with E-state index in [0.29, 0.717) is 10.6 Å². The lowest BCUT2D eigenvalue weighted by Gasteiger charge is -2.09. The number of thiophene rings is 2. The molecule has 0 aliphatic heterocycles. The van der Waals surface area contributed by atoms with Gasteiger partial charge < -0.3 is 10.1 Å². The first kappa shape index (κ1) is 24.2. The van der Waals surface area contributed by atoms with E-state index >= 15 is 0 Å². The molecular weight excluding hydrogens is 511 g/mol. The van der Waals surface area contributed by atoms with Crippen LogP contribution in [0.25, 0.3) is 31.8 Å². The van der Waals surface area contributed by atoms with E-state index in [0.717, 1.165) is 36.8 Å². The van der Waals surface area contributed by atoms with Gasteiger partial charge in [-0.05, 0) is 24.1 Å². The van der Waals surface area contributed by atoms with Crippen LogP contribution in [0.5, 0.6) is 0 Å². The molecule has 36 heavy (non-hydrogen) atoms. The highest BCUT2D eigenvalue weighted by atomic mass is 32.2. The number of fused-ring (bicyclic) bond motifs is 1. The van der Waals surface area contributed by atoms with Crippen molar-refractivity contribution in [3.8, 4) is 21.6 Å². The number of hydrogen-bond acceptors (Lipinski definition) is 8. The molecule has 0 atom stereocenters. The van der Waals surface area contributed by atoms with E-state index in [9.17, 15) is 9.59 Å². The summed E-state index contributed by atoms with van der Waals surface area (Å²) in [5, 5.41) is 6.93. The number of carbonyl (C=O) groups excluding carboxylic acids is 2. The summed E-state index contributed by atoms with van der Waals surface area (Å²) >= 11 is 4.26. The van der Waals surface area contributed by atoms with Gasteiger partial charge in [-0.1, -0.05) is 72.4 Å². The molecule has 0 radical (unpaired) electrons. The standard InChI is InChI=1S/C27H21N3O3S3/c1-2-33-27(32)23-20(17-9-5-3-6-10-17)14-34-26(23)30-22(31)15-35-24-19-13-21(18-11-7-4-8-12-18)36-25(19)29-16-28-24/h3-14,16H,2,15H2,1H3,(H,30,31). The zero-order valence-corrected chi connectivity index (χ0v) is 21.7. The third-order valence-electron chi connectivity index (χ3n) is 5.30. The predicted octanol–water partition coefficient (Wildman–Crippen LogP) is 6.99. The predicted molar refractivity (Wildman–Crippen MR) is 148 cm³/mol. The van der Waals surface area contributed by atoms with Crippen molar-refractivity contribution in [2.75, 3.05) is 17.7 Å². The van der Waals surface area contributed by atoms with Crippen molar-refractivity contribution in [1.29, 1.82) is 0 Å². The number of nitrogens with one attached hydrogen (secondary N) is 1. The fraction of sp³-hybridized carbons (Fsp3) is 0.111. The molecule has 3 heterocycles. The molecule has 0 fully saturated rings. The second kappa shape index (κ2) is 11.0. The topological polar surface area (TPSA) is 81.2 Å². The summed E-state index contributed by atoms with van der Waals surface area (Å²) in [5.41, 5.74) is 3.13. The summed E-state index contributed by atoms with van der Waals surface area (Å²) in [4.78, 5) is 36.5. The van der Waals surface area contributed by atoms with E-state index in [2.05, 4.69) is 33.5 Å². The molecule has 0 saturated heterocycles. The van der Waals surface area contributed by atoms with Gasteiger partial charge in [0.25, 0.3) is 0 Å². The summed E-state index contributed by atoms with van der Waals surface area (Å²) in [6, 6.07) is 21.8. The molecule has 0 aliphatic rings. The smallest absolute Gasteiger partial charge is 0.341 e. The third-order valence-corrected chi connectivity index (χ3v) is 8.29. The minimum atomic E-state index is -0.454. The maximum atomic E-state index is 12.9. The van der Waals surface area contributed by atoms with Crippen molar-refractivity contribution in [3.63, 3.8) is 0 Å². The van der Waals surface area contributed by atoms with Gasteiger partial charge in [-0.3, -0.25) is 4.79 Å². The van der Waals surface area contributed by atoms with Crippen molar-refractivity contribution < 1.29 is 14.3 Å². The number of hydrogen-bond donors (Lipinski definition) is 1. The first-order chi connectivity index (χ1) is 17.6. The highest BCUT2D eigenvalue weighted by Crippen LogP contribution is 2.38. The summed E-state index contributed by atoms with van der Waals surface area (Å²) < 4.78 is 5.28. The highest BCUT2D eigenvalue weighted by Gasteiger charge is 2.23. The molecule has 1 N–H and O–H groups in total. The monoisotopic (exact) mass is 531 g/mol. The maximum Gasteiger partial charge on any atom is 0.341 e. The van der Waals surface area contributed by atoms with Crippen LogP contribution in [0, 0.1) is 0 Å². The van der Waals surface area contributed by atoms with Crippen molar-refractivity contribution >= 4 is 61.5 Å². The van der Waals surface area contributed by atoms with Crippen LogP contribution in [0.2, 0.25) is 0 Å². The number of esters is 1. The van der Waals surface area contributed by atoms with E-state index in [1.165, 1.54) is 29.4 Å². The normalized spacial score (nSPS) is 10.9. The van der Waals surface area contributed by atoms with Gasteiger partial charge in [0.1, 0.15) is 26.7 Å². The molecular formula is C27H21N3O3S3. The van der Waals surface area contributed by atoms with Crippen LogP contribution in [0.4, 0.5) is 5.00 Å². The molecule has 1 amide bonds. The van der Waals surface area contributed by atoms with Crippen molar-refractivity contribution in [1.82, 2.24) is 9.97 Å². The zero-order chi connectivity index (χ0) is 24.9. The van der Waals surface area contributed by atoms with Crippen molar-refractivity contribution in [2.24, 2.45) is 0 Å². The molecule has 2 aromatic carbocycles.